The predicted molar refractivity (Wildman–Crippen MR) is 136 cm³/mol. The monoisotopic (exact) mass is 552 g/mol. The second-order valence-corrected chi connectivity index (χ2v) is 11.2. The van der Waals surface area contributed by atoms with Crippen molar-refractivity contribution in [3.8, 4) is 5.75 Å². The van der Waals surface area contributed by atoms with E-state index in [0.717, 1.165) is 12.1 Å². The molecule has 0 aliphatic rings. The highest BCUT2D eigenvalue weighted by Gasteiger charge is 2.29. The van der Waals surface area contributed by atoms with Gasteiger partial charge in [-0.3, -0.25) is 4.79 Å². The summed E-state index contributed by atoms with van der Waals surface area (Å²) in [5, 5.41) is 3.11. The summed E-state index contributed by atoms with van der Waals surface area (Å²) in [6.07, 6.45) is 2.19. The van der Waals surface area contributed by atoms with Crippen molar-refractivity contribution in [2.45, 2.75) is 30.8 Å². The number of nitrogens with one attached hydrogen (secondary N) is 1. The molecule has 3 aromatic carbocycles. The first-order valence-electron chi connectivity index (χ1n) is 10.6. The molecule has 0 aliphatic heterocycles. The number of sulfone groups is 1. The smallest absolute Gasteiger partial charge is 0.268 e. The lowest BCUT2D eigenvalue weighted by molar-refractivity contribution is -0.115. The second-order valence-electron chi connectivity index (χ2n) is 8.38. The summed E-state index contributed by atoms with van der Waals surface area (Å²) in [4.78, 5) is 12.5. The van der Waals surface area contributed by atoms with Crippen LogP contribution in [0.3, 0.4) is 0 Å². The van der Waals surface area contributed by atoms with E-state index in [1.807, 2.05) is 0 Å². The van der Waals surface area contributed by atoms with Gasteiger partial charge < -0.3 is 10.1 Å². The summed E-state index contributed by atoms with van der Waals surface area (Å²) < 4.78 is 59.2. The number of hydrogen-bond donors (Lipinski definition) is 1. The maximum atomic E-state index is 14.8. The minimum atomic E-state index is -3.54. The molecule has 0 spiro atoms. The Kier molecular flexibility index (Phi) is 8.37. The standard InChI is InChI=1S/C26H21Cl2F2NO4S/c1-4-11-36(33,34)19-8-5-16(6-9-19)12-24(32)31-18-14-22(29)25(23(30)15-18)35-26(2,3)20-10-7-17(27)13-21(20)28/h5-10,13-15H,1,11-12H2,2-3H3/p+1. The Hall–Kier alpha value is -3.03. The van der Waals surface area contributed by atoms with Crippen LogP contribution in [0.1, 0.15) is 25.0 Å². The van der Waals surface area contributed by atoms with Crippen LogP contribution in [0.5, 0.6) is 5.75 Å². The summed E-state index contributed by atoms with van der Waals surface area (Å²) in [6.45, 7) is 6.50. The highest BCUT2D eigenvalue weighted by molar-refractivity contribution is 7.91. The molecule has 0 saturated carbocycles. The van der Waals surface area contributed by atoms with Crippen molar-refractivity contribution >= 4 is 44.6 Å². The normalized spacial score (nSPS) is 11.6. The summed E-state index contributed by atoms with van der Waals surface area (Å²) in [5.74, 6) is -3.54. The molecule has 1 N–H and O–H groups in total. The Labute approximate surface area is 218 Å². The van der Waals surface area contributed by atoms with Gasteiger partial charge in [-0.1, -0.05) is 41.4 Å². The van der Waals surface area contributed by atoms with Crippen LogP contribution >= 0.6 is 23.2 Å². The zero-order chi connectivity index (χ0) is 26.7. The molecule has 0 atom stereocenters. The number of halogens is 4. The molecular weight excluding hydrogens is 531 g/mol. The number of carbonyl (C=O) groups excluding carboxylic acids is 1. The Morgan fingerprint density at radius 3 is 2.22 bits per heavy atom. The van der Waals surface area contributed by atoms with E-state index < -0.39 is 38.7 Å². The molecule has 0 fully saturated rings. The predicted octanol–water partition coefficient (Wildman–Crippen LogP) is 6.53. The third-order valence-corrected chi connectivity index (χ3v) is 7.28. The van der Waals surface area contributed by atoms with Gasteiger partial charge in [-0.05, 0) is 43.7 Å². The molecule has 5 nitrogen and oxygen atoms in total. The maximum Gasteiger partial charge on any atom is 0.268 e. The molecule has 3 rings (SSSR count). The molecule has 0 aliphatic carbocycles. The number of amides is 1. The van der Waals surface area contributed by atoms with Gasteiger partial charge in [0.05, 0.1) is 11.3 Å². The van der Waals surface area contributed by atoms with Crippen LogP contribution in [0.25, 0.3) is 0 Å². The molecule has 10 heteroatoms. The molecule has 0 radical (unpaired) electrons. The molecule has 3 aromatic rings. The van der Waals surface area contributed by atoms with Gasteiger partial charge in [0.25, 0.3) is 5.75 Å². The summed E-state index contributed by atoms with van der Waals surface area (Å²) in [5.41, 5.74) is -0.314. The van der Waals surface area contributed by atoms with Gasteiger partial charge in [-0.15, -0.1) is 0 Å². The summed E-state index contributed by atoms with van der Waals surface area (Å²) >= 11 is 12.1. The zero-order valence-corrected chi connectivity index (χ0v) is 21.7. The number of anilines is 1. The van der Waals surface area contributed by atoms with E-state index in [9.17, 15) is 22.0 Å². The molecule has 1 amide bonds. The first-order valence-corrected chi connectivity index (χ1v) is 13.0. The maximum absolute atomic E-state index is 14.8. The van der Waals surface area contributed by atoms with Gasteiger partial charge in [0, 0.05) is 33.4 Å². The average Bonchev–Trinajstić information content (AvgIpc) is 2.76. The average molecular weight is 553 g/mol. The van der Waals surface area contributed by atoms with Crippen LogP contribution in [-0.2, 0) is 26.7 Å². The van der Waals surface area contributed by atoms with Crippen LogP contribution in [-0.4, -0.2) is 20.1 Å². The lowest BCUT2D eigenvalue weighted by Gasteiger charge is -2.28. The van der Waals surface area contributed by atoms with Crippen LogP contribution < -0.4 is 10.1 Å². The molecular formula is C26H22Cl2F2NO4S+. The fourth-order valence-corrected chi connectivity index (χ4v) is 5.06. The van der Waals surface area contributed by atoms with Crippen molar-refractivity contribution in [3.05, 3.63) is 100 Å². The molecule has 0 unspecified atom stereocenters. The third kappa shape index (κ3) is 6.59. The lowest BCUT2D eigenvalue weighted by Crippen LogP contribution is -2.27. The quantitative estimate of drug-likeness (QED) is 0.306. The fourth-order valence-electron chi connectivity index (χ4n) is 3.44. The van der Waals surface area contributed by atoms with E-state index in [4.69, 9.17) is 27.9 Å². The Morgan fingerprint density at radius 2 is 1.67 bits per heavy atom. The van der Waals surface area contributed by atoms with Crippen molar-refractivity contribution < 1.29 is 26.7 Å². The first-order chi connectivity index (χ1) is 16.8. The second kappa shape index (κ2) is 10.9. The molecule has 36 heavy (non-hydrogen) atoms. The van der Waals surface area contributed by atoms with Crippen molar-refractivity contribution in [1.82, 2.24) is 0 Å². The number of ether oxygens (including phenoxy) is 1. The third-order valence-electron chi connectivity index (χ3n) is 5.16. The van der Waals surface area contributed by atoms with Gasteiger partial charge in [0.2, 0.25) is 21.8 Å². The zero-order valence-electron chi connectivity index (χ0n) is 19.4. The van der Waals surface area contributed by atoms with Crippen LogP contribution in [0.4, 0.5) is 14.5 Å². The number of benzene rings is 3. The number of hydrogen-bond acceptors (Lipinski definition) is 4. The van der Waals surface area contributed by atoms with Crippen LogP contribution in [0.15, 0.2) is 66.1 Å². The number of carbonyl (C=O) groups is 1. The van der Waals surface area contributed by atoms with E-state index in [2.05, 4.69) is 18.0 Å². The van der Waals surface area contributed by atoms with E-state index in [1.54, 1.807) is 26.0 Å². The lowest BCUT2D eigenvalue weighted by atomic mass is 9.98. The minimum Gasteiger partial charge on any atom is -0.477 e. The fraction of sp³-hybridized carbons (Fsp3) is 0.192. The van der Waals surface area contributed by atoms with Gasteiger partial charge >= 0.3 is 0 Å². The van der Waals surface area contributed by atoms with Crippen molar-refractivity contribution in [2.75, 3.05) is 11.1 Å². The topological polar surface area (TPSA) is 72.5 Å². The minimum absolute atomic E-state index is 0.0744. The summed E-state index contributed by atoms with van der Waals surface area (Å²) in [7, 11) is -3.54. The molecule has 0 aromatic heterocycles. The van der Waals surface area contributed by atoms with Crippen molar-refractivity contribution in [3.63, 3.8) is 0 Å². The van der Waals surface area contributed by atoms with Gasteiger partial charge in [0.1, 0.15) is 12.2 Å². The van der Waals surface area contributed by atoms with Crippen molar-refractivity contribution in [1.29, 1.82) is 0 Å². The summed E-state index contributed by atoms with van der Waals surface area (Å²) in [6, 6.07) is 12.3. The van der Waals surface area contributed by atoms with Gasteiger partial charge in [-0.2, -0.15) is 0 Å². The van der Waals surface area contributed by atoms with E-state index >= 15 is 0 Å². The molecule has 0 bridgehead atoms. The molecule has 0 heterocycles. The van der Waals surface area contributed by atoms with Crippen LogP contribution in [0, 0.1) is 17.7 Å². The van der Waals surface area contributed by atoms with Gasteiger partial charge in [-0.25, -0.2) is 17.2 Å². The number of rotatable bonds is 9. The first kappa shape index (κ1) is 27.6. The Balaban J connectivity index is 1.72. The van der Waals surface area contributed by atoms with Crippen molar-refractivity contribution in [2.24, 2.45) is 0 Å². The largest absolute Gasteiger partial charge is 0.477 e. The van der Waals surface area contributed by atoms with Crippen LogP contribution in [0.2, 0.25) is 10.0 Å². The molecule has 188 valence electrons. The Bertz CT molecular complexity index is 1380. The van der Waals surface area contributed by atoms with E-state index in [-0.39, 0.29) is 27.8 Å². The van der Waals surface area contributed by atoms with E-state index in [1.165, 1.54) is 30.3 Å². The highest BCUT2D eigenvalue weighted by atomic mass is 35.5. The molecule has 0 saturated heterocycles. The van der Waals surface area contributed by atoms with E-state index in [0.29, 0.717) is 16.1 Å². The van der Waals surface area contributed by atoms with Gasteiger partial charge in [0.15, 0.2) is 17.4 Å². The highest BCUT2D eigenvalue weighted by Crippen LogP contribution is 2.36. The Morgan fingerprint density at radius 1 is 1.06 bits per heavy atom. The SMILES string of the molecule is C=[C+]CS(=O)(=O)c1ccc(CC(=O)Nc2cc(F)c(OC(C)(C)c3ccc(Cl)cc3Cl)c(F)c2)cc1.